The topological polar surface area (TPSA) is 38.0 Å². The molecule has 0 aliphatic rings. The van der Waals surface area contributed by atoms with E-state index in [1.807, 2.05) is 30.3 Å². The van der Waals surface area contributed by atoms with Gasteiger partial charge in [0.25, 0.3) is 0 Å². The van der Waals surface area contributed by atoms with Crippen molar-refractivity contribution >= 4 is 28.0 Å². The highest BCUT2D eigenvalue weighted by Gasteiger charge is 2.03. The molecule has 0 atom stereocenters. The summed E-state index contributed by atoms with van der Waals surface area (Å²) >= 11 is 5.11. The highest BCUT2D eigenvalue weighted by Crippen LogP contribution is 2.18. The van der Waals surface area contributed by atoms with Gasteiger partial charge in [0.05, 0.1) is 0 Å². The Kier molecular flexibility index (Phi) is 2.43. The first kappa shape index (κ1) is 9.12. The van der Waals surface area contributed by atoms with Crippen LogP contribution in [0.25, 0.3) is 10.8 Å². The Morgan fingerprint density at radius 2 is 1.79 bits per heavy atom. The van der Waals surface area contributed by atoms with Gasteiger partial charge in [0.1, 0.15) is 4.99 Å². The molecular formula is C11H10N2S. The molecule has 2 rings (SSSR count). The number of fused-ring (bicyclic) bond motifs is 1. The summed E-state index contributed by atoms with van der Waals surface area (Å²) in [6.45, 7) is 0. The fraction of sp³-hybridized carbons (Fsp3) is 0. The van der Waals surface area contributed by atoms with Crippen molar-refractivity contribution in [2.45, 2.75) is 0 Å². The van der Waals surface area contributed by atoms with Crippen molar-refractivity contribution in [1.29, 1.82) is 0 Å². The lowest BCUT2D eigenvalue weighted by Crippen LogP contribution is -2.29. The summed E-state index contributed by atoms with van der Waals surface area (Å²) in [5.41, 5.74) is 3.48. The highest BCUT2D eigenvalue weighted by atomic mass is 32.1. The van der Waals surface area contributed by atoms with Gasteiger partial charge >= 0.3 is 0 Å². The van der Waals surface area contributed by atoms with Gasteiger partial charge in [-0.05, 0) is 10.8 Å². The van der Waals surface area contributed by atoms with Crippen LogP contribution in [-0.4, -0.2) is 4.99 Å². The number of hydrazine groups is 1. The molecule has 3 N–H and O–H groups in total. The fourth-order valence-electron chi connectivity index (χ4n) is 1.50. The Hall–Kier alpha value is -1.45. The molecule has 0 saturated heterocycles. The Bertz CT molecular complexity index is 474. The lowest BCUT2D eigenvalue weighted by molar-refractivity contribution is 1.05. The van der Waals surface area contributed by atoms with Gasteiger partial charge < -0.3 is 5.43 Å². The number of hydrogen-bond acceptors (Lipinski definition) is 2. The third-order valence-electron chi connectivity index (χ3n) is 2.17. The van der Waals surface area contributed by atoms with Crippen molar-refractivity contribution in [3.63, 3.8) is 0 Å². The first-order chi connectivity index (χ1) is 6.83. The minimum Gasteiger partial charge on any atom is -0.314 e. The zero-order chi connectivity index (χ0) is 9.97. The van der Waals surface area contributed by atoms with Crippen LogP contribution in [-0.2, 0) is 0 Å². The monoisotopic (exact) mass is 202 g/mol. The lowest BCUT2D eigenvalue weighted by Gasteiger charge is -2.06. The minimum absolute atomic E-state index is 0.571. The molecule has 0 spiro atoms. The first-order valence-corrected chi connectivity index (χ1v) is 4.72. The summed E-state index contributed by atoms with van der Waals surface area (Å²) in [5.74, 6) is 5.30. The van der Waals surface area contributed by atoms with Crippen LogP contribution in [0.15, 0.2) is 42.5 Å². The van der Waals surface area contributed by atoms with Crippen LogP contribution in [0.5, 0.6) is 0 Å². The van der Waals surface area contributed by atoms with E-state index in [1.165, 1.54) is 5.39 Å². The number of nitrogens with one attached hydrogen (secondary N) is 1. The second kappa shape index (κ2) is 3.74. The molecule has 0 aromatic heterocycles. The zero-order valence-corrected chi connectivity index (χ0v) is 8.34. The van der Waals surface area contributed by atoms with E-state index in [4.69, 9.17) is 18.1 Å². The summed E-state index contributed by atoms with van der Waals surface area (Å²) in [7, 11) is 0. The number of rotatable bonds is 1. The van der Waals surface area contributed by atoms with E-state index in [0.29, 0.717) is 4.99 Å². The summed E-state index contributed by atoms with van der Waals surface area (Å²) in [6, 6.07) is 14.1. The summed E-state index contributed by atoms with van der Waals surface area (Å²) in [5, 5.41) is 2.29. The van der Waals surface area contributed by atoms with Gasteiger partial charge in [-0.15, -0.1) is 0 Å². The van der Waals surface area contributed by atoms with Gasteiger partial charge in [0.2, 0.25) is 0 Å². The standard InChI is InChI=1S/C11H10N2S/c12-13-11(14)10-7-3-5-8-4-1-2-6-9(8)10/h1-7H,12H2,(H,13,14). The van der Waals surface area contributed by atoms with Crippen molar-refractivity contribution in [2.75, 3.05) is 0 Å². The fourth-order valence-corrected chi connectivity index (χ4v) is 1.68. The lowest BCUT2D eigenvalue weighted by atomic mass is 10.0. The molecular weight excluding hydrogens is 192 g/mol. The Morgan fingerprint density at radius 3 is 2.57 bits per heavy atom. The summed E-state index contributed by atoms with van der Waals surface area (Å²) in [4.78, 5) is 0.571. The Labute approximate surface area is 87.7 Å². The number of thiocarbonyl (C=S) groups is 1. The number of nitrogens with two attached hydrogens (primary N) is 1. The van der Waals surface area contributed by atoms with Gasteiger partial charge in [-0.3, -0.25) is 0 Å². The van der Waals surface area contributed by atoms with Gasteiger partial charge in [-0.2, -0.15) is 0 Å². The molecule has 0 fully saturated rings. The van der Waals surface area contributed by atoms with Crippen LogP contribution in [0.4, 0.5) is 0 Å². The maximum absolute atomic E-state index is 5.30. The zero-order valence-electron chi connectivity index (χ0n) is 7.53. The molecule has 2 nitrogen and oxygen atoms in total. The Balaban J connectivity index is 2.71. The normalized spacial score (nSPS) is 10.1. The molecule has 14 heavy (non-hydrogen) atoms. The van der Waals surface area contributed by atoms with E-state index in [1.54, 1.807) is 0 Å². The quantitative estimate of drug-likeness (QED) is 0.422. The Morgan fingerprint density at radius 1 is 1.07 bits per heavy atom. The number of benzene rings is 2. The third-order valence-corrected chi connectivity index (χ3v) is 2.50. The largest absolute Gasteiger partial charge is 0.314 e. The van der Waals surface area contributed by atoms with Crippen molar-refractivity contribution in [2.24, 2.45) is 5.84 Å². The molecule has 0 radical (unpaired) electrons. The van der Waals surface area contributed by atoms with Crippen LogP contribution in [0, 0.1) is 0 Å². The van der Waals surface area contributed by atoms with Gasteiger partial charge in [-0.1, -0.05) is 54.7 Å². The second-order valence-corrected chi connectivity index (χ2v) is 3.41. The van der Waals surface area contributed by atoms with Gasteiger partial charge in [0, 0.05) is 5.56 Å². The molecule has 70 valence electrons. The van der Waals surface area contributed by atoms with Crippen molar-refractivity contribution in [1.82, 2.24) is 5.43 Å². The molecule has 0 aliphatic heterocycles. The average molecular weight is 202 g/mol. The maximum Gasteiger partial charge on any atom is 0.121 e. The van der Waals surface area contributed by atoms with E-state index in [2.05, 4.69) is 17.6 Å². The molecule has 0 saturated carbocycles. The maximum atomic E-state index is 5.30. The third kappa shape index (κ3) is 1.47. The minimum atomic E-state index is 0.571. The summed E-state index contributed by atoms with van der Waals surface area (Å²) < 4.78 is 0. The van der Waals surface area contributed by atoms with Crippen LogP contribution >= 0.6 is 12.2 Å². The van der Waals surface area contributed by atoms with Crippen molar-refractivity contribution in [3.8, 4) is 0 Å². The van der Waals surface area contributed by atoms with E-state index >= 15 is 0 Å². The van der Waals surface area contributed by atoms with Crippen LogP contribution in [0.1, 0.15) is 5.56 Å². The molecule has 2 aromatic carbocycles. The molecule has 0 amide bonds. The molecule has 0 unspecified atom stereocenters. The van der Waals surface area contributed by atoms with Crippen LogP contribution in [0.2, 0.25) is 0 Å². The van der Waals surface area contributed by atoms with E-state index in [-0.39, 0.29) is 0 Å². The van der Waals surface area contributed by atoms with E-state index in [9.17, 15) is 0 Å². The van der Waals surface area contributed by atoms with E-state index < -0.39 is 0 Å². The van der Waals surface area contributed by atoms with Crippen LogP contribution < -0.4 is 11.3 Å². The second-order valence-electron chi connectivity index (χ2n) is 3.00. The van der Waals surface area contributed by atoms with Gasteiger partial charge in [0.15, 0.2) is 0 Å². The summed E-state index contributed by atoms with van der Waals surface area (Å²) in [6.07, 6.45) is 0. The molecule has 0 heterocycles. The van der Waals surface area contributed by atoms with Crippen molar-refractivity contribution < 1.29 is 0 Å². The average Bonchev–Trinajstić information content (AvgIpc) is 2.27. The van der Waals surface area contributed by atoms with E-state index in [0.717, 1.165) is 10.9 Å². The van der Waals surface area contributed by atoms with Gasteiger partial charge in [-0.25, -0.2) is 5.84 Å². The molecule has 0 bridgehead atoms. The first-order valence-electron chi connectivity index (χ1n) is 4.31. The van der Waals surface area contributed by atoms with Crippen LogP contribution in [0.3, 0.4) is 0 Å². The smallest absolute Gasteiger partial charge is 0.121 e. The number of hydrogen-bond donors (Lipinski definition) is 2. The molecule has 3 heteroatoms. The predicted molar refractivity (Wildman–Crippen MR) is 63.0 cm³/mol. The van der Waals surface area contributed by atoms with Crippen molar-refractivity contribution in [3.05, 3.63) is 48.0 Å². The SMILES string of the molecule is NNC(=S)c1cccc2ccccc12. The molecule has 2 aromatic rings. The highest BCUT2D eigenvalue weighted by molar-refractivity contribution is 7.80. The molecule has 0 aliphatic carbocycles. The predicted octanol–water partition coefficient (Wildman–Crippen LogP) is 1.98.